The van der Waals surface area contributed by atoms with E-state index in [9.17, 15) is 8.78 Å². The van der Waals surface area contributed by atoms with Crippen LogP contribution in [-0.4, -0.2) is 39.2 Å². The summed E-state index contributed by atoms with van der Waals surface area (Å²) in [6, 6.07) is 12.0. The zero-order valence-electron chi connectivity index (χ0n) is 16.6. The fraction of sp³-hybridized carbons (Fsp3) is 0.381. The SMILES string of the molecule is CN=C(NCc1cccc(COC)c1)NC1CCN(c2ccc(F)cc2F)C1.I. The first-order chi connectivity index (χ1) is 13.6. The Balaban J connectivity index is 0.00000300. The lowest BCUT2D eigenvalue weighted by molar-refractivity contribution is 0.185. The molecule has 0 radical (unpaired) electrons. The van der Waals surface area contributed by atoms with E-state index < -0.39 is 11.6 Å². The molecule has 2 aromatic rings. The van der Waals surface area contributed by atoms with E-state index in [0.717, 1.165) is 23.6 Å². The summed E-state index contributed by atoms with van der Waals surface area (Å²) in [4.78, 5) is 6.20. The first-order valence-corrected chi connectivity index (χ1v) is 9.33. The van der Waals surface area contributed by atoms with Crippen LogP contribution < -0.4 is 15.5 Å². The van der Waals surface area contributed by atoms with E-state index in [2.05, 4.69) is 21.7 Å². The lowest BCUT2D eigenvalue weighted by Gasteiger charge is -2.21. The molecule has 1 aliphatic heterocycles. The van der Waals surface area contributed by atoms with E-state index in [1.807, 2.05) is 23.1 Å². The fourth-order valence-electron chi connectivity index (χ4n) is 3.40. The Morgan fingerprint density at radius 2 is 2.00 bits per heavy atom. The molecule has 1 aliphatic rings. The van der Waals surface area contributed by atoms with Crippen LogP contribution >= 0.6 is 24.0 Å². The van der Waals surface area contributed by atoms with Crippen molar-refractivity contribution in [2.45, 2.75) is 25.6 Å². The number of benzene rings is 2. The summed E-state index contributed by atoms with van der Waals surface area (Å²) in [6.07, 6.45) is 0.848. The molecule has 0 aliphatic carbocycles. The molecule has 1 heterocycles. The van der Waals surface area contributed by atoms with Crippen LogP contribution in [0.15, 0.2) is 47.5 Å². The average molecular weight is 516 g/mol. The van der Waals surface area contributed by atoms with Gasteiger partial charge in [-0.05, 0) is 29.7 Å². The minimum absolute atomic E-state index is 0. The zero-order chi connectivity index (χ0) is 19.9. The molecule has 29 heavy (non-hydrogen) atoms. The molecule has 1 fully saturated rings. The number of guanidine groups is 1. The second-order valence-corrected chi connectivity index (χ2v) is 6.85. The maximum Gasteiger partial charge on any atom is 0.191 e. The molecule has 158 valence electrons. The fourth-order valence-corrected chi connectivity index (χ4v) is 3.40. The van der Waals surface area contributed by atoms with Crippen molar-refractivity contribution in [3.8, 4) is 0 Å². The smallest absolute Gasteiger partial charge is 0.191 e. The molecule has 0 aromatic heterocycles. The number of rotatable bonds is 6. The summed E-state index contributed by atoms with van der Waals surface area (Å²) in [6.45, 7) is 2.56. The van der Waals surface area contributed by atoms with Crippen molar-refractivity contribution in [3.05, 3.63) is 65.2 Å². The average Bonchev–Trinajstić information content (AvgIpc) is 3.14. The highest BCUT2D eigenvalue weighted by Gasteiger charge is 2.25. The highest BCUT2D eigenvalue weighted by molar-refractivity contribution is 14.0. The van der Waals surface area contributed by atoms with Gasteiger partial charge in [-0.2, -0.15) is 0 Å². The normalized spacial score (nSPS) is 16.5. The maximum atomic E-state index is 14.0. The number of halogens is 3. The van der Waals surface area contributed by atoms with Crippen molar-refractivity contribution >= 4 is 35.6 Å². The van der Waals surface area contributed by atoms with Crippen LogP contribution in [0.1, 0.15) is 17.5 Å². The van der Waals surface area contributed by atoms with Crippen LogP contribution in [0.4, 0.5) is 14.5 Å². The summed E-state index contributed by atoms with van der Waals surface area (Å²) in [5.74, 6) is -0.392. The third-order valence-electron chi connectivity index (χ3n) is 4.77. The van der Waals surface area contributed by atoms with Gasteiger partial charge in [0.25, 0.3) is 0 Å². The summed E-state index contributed by atoms with van der Waals surface area (Å²) < 4.78 is 32.3. The Labute approximate surface area is 187 Å². The summed E-state index contributed by atoms with van der Waals surface area (Å²) >= 11 is 0. The van der Waals surface area contributed by atoms with E-state index >= 15 is 0 Å². The minimum atomic E-state index is -0.561. The number of ether oxygens (including phenoxy) is 1. The third kappa shape index (κ3) is 6.53. The standard InChI is InChI=1S/C21H26F2N4O.HI/c1-24-21(25-12-15-4-3-5-16(10-15)14-28-2)26-18-8-9-27(13-18)20-7-6-17(22)11-19(20)23;/h3-7,10-11,18H,8-9,12-14H2,1-2H3,(H2,24,25,26);1H. The van der Waals surface area contributed by atoms with Crippen LogP contribution in [0.2, 0.25) is 0 Å². The number of hydrogen-bond acceptors (Lipinski definition) is 3. The van der Waals surface area contributed by atoms with Crippen molar-refractivity contribution in [3.63, 3.8) is 0 Å². The Morgan fingerprint density at radius 1 is 1.21 bits per heavy atom. The van der Waals surface area contributed by atoms with Crippen molar-refractivity contribution in [2.24, 2.45) is 4.99 Å². The predicted octanol–water partition coefficient (Wildman–Crippen LogP) is 3.67. The maximum absolute atomic E-state index is 14.0. The van der Waals surface area contributed by atoms with Gasteiger partial charge in [-0.1, -0.05) is 24.3 Å². The predicted molar refractivity (Wildman–Crippen MR) is 123 cm³/mol. The molecule has 2 N–H and O–H groups in total. The summed E-state index contributed by atoms with van der Waals surface area (Å²) in [5.41, 5.74) is 2.69. The van der Waals surface area contributed by atoms with Gasteiger partial charge in [0.15, 0.2) is 5.96 Å². The van der Waals surface area contributed by atoms with Crippen LogP contribution in [0.5, 0.6) is 0 Å². The van der Waals surface area contributed by atoms with Crippen molar-refractivity contribution < 1.29 is 13.5 Å². The molecule has 0 amide bonds. The number of nitrogens with zero attached hydrogens (tertiary/aromatic N) is 2. The first-order valence-electron chi connectivity index (χ1n) is 9.33. The molecule has 2 aromatic carbocycles. The van der Waals surface area contributed by atoms with Gasteiger partial charge in [0.2, 0.25) is 0 Å². The highest BCUT2D eigenvalue weighted by Crippen LogP contribution is 2.24. The van der Waals surface area contributed by atoms with Gasteiger partial charge in [0.05, 0.1) is 12.3 Å². The highest BCUT2D eigenvalue weighted by atomic mass is 127. The minimum Gasteiger partial charge on any atom is -0.380 e. The van der Waals surface area contributed by atoms with Gasteiger partial charge in [-0.3, -0.25) is 4.99 Å². The van der Waals surface area contributed by atoms with Gasteiger partial charge in [0.1, 0.15) is 11.6 Å². The Kier molecular flexibility index (Phi) is 9.09. The third-order valence-corrected chi connectivity index (χ3v) is 4.77. The van der Waals surface area contributed by atoms with Gasteiger partial charge >= 0.3 is 0 Å². The zero-order valence-corrected chi connectivity index (χ0v) is 19.0. The second-order valence-electron chi connectivity index (χ2n) is 6.85. The lowest BCUT2D eigenvalue weighted by atomic mass is 10.1. The molecule has 8 heteroatoms. The monoisotopic (exact) mass is 516 g/mol. The number of methoxy groups -OCH3 is 1. The van der Waals surface area contributed by atoms with Gasteiger partial charge in [-0.15, -0.1) is 24.0 Å². The molecule has 0 bridgehead atoms. The van der Waals surface area contributed by atoms with E-state index in [4.69, 9.17) is 4.74 Å². The Morgan fingerprint density at radius 3 is 2.72 bits per heavy atom. The lowest BCUT2D eigenvalue weighted by Crippen LogP contribution is -2.44. The van der Waals surface area contributed by atoms with Crippen molar-refractivity contribution in [1.29, 1.82) is 0 Å². The van der Waals surface area contributed by atoms with Crippen molar-refractivity contribution in [2.75, 3.05) is 32.1 Å². The first kappa shape index (κ1) is 23.3. The van der Waals surface area contributed by atoms with Crippen molar-refractivity contribution in [1.82, 2.24) is 10.6 Å². The molecule has 1 saturated heterocycles. The van der Waals surface area contributed by atoms with E-state index in [-0.39, 0.29) is 30.0 Å². The topological polar surface area (TPSA) is 48.9 Å². The number of nitrogens with one attached hydrogen (secondary N) is 2. The molecule has 1 unspecified atom stereocenters. The molecule has 0 saturated carbocycles. The largest absolute Gasteiger partial charge is 0.380 e. The van der Waals surface area contributed by atoms with E-state index in [1.165, 1.54) is 12.1 Å². The van der Waals surface area contributed by atoms with E-state index in [0.29, 0.717) is 37.9 Å². The Hall–Kier alpha value is -1.94. The molecule has 1 atom stereocenters. The van der Waals surface area contributed by atoms with Crippen LogP contribution in [0, 0.1) is 11.6 Å². The van der Waals surface area contributed by atoms with Gasteiger partial charge in [-0.25, -0.2) is 8.78 Å². The molecule has 3 rings (SSSR count). The summed E-state index contributed by atoms with van der Waals surface area (Å²) in [5, 5.41) is 6.69. The van der Waals surface area contributed by atoms with Crippen LogP contribution in [0.25, 0.3) is 0 Å². The second kappa shape index (κ2) is 11.3. The number of hydrogen-bond donors (Lipinski definition) is 2. The number of aliphatic imine (C=N–C) groups is 1. The summed E-state index contributed by atoms with van der Waals surface area (Å²) in [7, 11) is 3.41. The molecule has 0 spiro atoms. The van der Waals surface area contributed by atoms with Gasteiger partial charge < -0.3 is 20.3 Å². The quantitative estimate of drug-likeness (QED) is 0.350. The molecule has 5 nitrogen and oxygen atoms in total. The van der Waals surface area contributed by atoms with Crippen LogP contribution in [-0.2, 0) is 17.9 Å². The van der Waals surface area contributed by atoms with E-state index in [1.54, 1.807) is 14.2 Å². The van der Waals surface area contributed by atoms with Gasteiger partial charge in [0, 0.05) is 45.9 Å². The molecular weight excluding hydrogens is 489 g/mol. The number of anilines is 1. The van der Waals surface area contributed by atoms with Crippen LogP contribution in [0.3, 0.4) is 0 Å². The Bertz CT molecular complexity index is 834. The molecular formula is C21H27F2IN4O.